The zero-order valence-electron chi connectivity index (χ0n) is 17.4. The van der Waals surface area contributed by atoms with Crippen molar-refractivity contribution in [1.82, 2.24) is 10.6 Å². The van der Waals surface area contributed by atoms with E-state index in [-0.39, 0.29) is 23.8 Å². The SMILES string of the molecule is CNC(=O)c1ccc(O[C@H]2CC[C@H](NC(=O)Nc3ccc(OC(F)(F)F)cc3)CC2)cc1. The van der Waals surface area contributed by atoms with E-state index >= 15 is 0 Å². The zero-order chi connectivity index (χ0) is 23.1. The quantitative estimate of drug-likeness (QED) is 0.605. The number of carbonyl (C=O) groups is 2. The first kappa shape index (κ1) is 23.2. The fraction of sp³-hybridized carbons (Fsp3) is 0.364. The third-order valence-electron chi connectivity index (χ3n) is 5.00. The number of alkyl halides is 3. The number of anilines is 1. The summed E-state index contributed by atoms with van der Waals surface area (Å²) < 4.78 is 46.4. The molecule has 0 atom stereocenters. The lowest BCUT2D eigenvalue weighted by Gasteiger charge is -2.29. The molecule has 0 aromatic heterocycles. The van der Waals surface area contributed by atoms with Crippen LogP contribution in [-0.4, -0.2) is 37.5 Å². The number of ether oxygens (including phenoxy) is 2. The summed E-state index contributed by atoms with van der Waals surface area (Å²) in [5.41, 5.74) is 0.913. The van der Waals surface area contributed by atoms with Crippen molar-refractivity contribution in [2.75, 3.05) is 12.4 Å². The van der Waals surface area contributed by atoms with Crippen molar-refractivity contribution in [2.24, 2.45) is 0 Å². The molecule has 3 N–H and O–H groups in total. The van der Waals surface area contributed by atoms with Gasteiger partial charge in [-0.05, 0) is 74.2 Å². The number of benzene rings is 2. The van der Waals surface area contributed by atoms with Gasteiger partial charge in [0, 0.05) is 24.3 Å². The molecular formula is C22H24F3N3O4. The van der Waals surface area contributed by atoms with E-state index in [0.29, 0.717) is 17.0 Å². The fourth-order valence-corrected chi connectivity index (χ4v) is 3.44. The van der Waals surface area contributed by atoms with Crippen LogP contribution in [0.4, 0.5) is 23.7 Å². The highest BCUT2D eigenvalue weighted by atomic mass is 19.4. The molecule has 2 aromatic carbocycles. The van der Waals surface area contributed by atoms with Crippen LogP contribution in [0.25, 0.3) is 0 Å². The molecule has 1 aliphatic carbocycles. The molecule has 0 unspecified atom stereocenters. The van der Waals surface area contributed by atoms with Crippen molar-refractivity contribution in [3.63, 3.8) is 0 Å². The van der Waals surface area contributed by atoms with Crippen molar-refractivity contribution >= 4 is 17.6 Å². The Morgan fingerprint density at radius 2 is 1.50 bits per heavy atom. The summed E-state index contributed by atoms with van der Waals surface area (Å²) in [6.45, 7) is 0. The van der Waals surface area contributed by atoms with E-state index in [2.05, 4.69) is 20.7 Å². The molecule has 10 heteroatoms. The zero-order valence-corrected chi connectivity index (χ0v) is 17.4. The van der Waals surface area contributed by atoms with Gasteiger partial charge in [0.2, 0.25) is 0 Å². The second-order valence-corrected chi connectivity index (χ2v) is 7.37. The number of nitrogens with one attached hydrogen (secondary N) is 3. The summed E-state index contributed by atoms with van der Waals surface area (Å²) >= 11 is 0. The molecule has 3 amide bonds. The minimum absolute atomic E-state index is 0.0168. The summed E-state index contributed by atoms with van der Waals surface area (Å²) in [7, 11) is 1.57. The Labute approximate surface area is 183 Å². The smallest absolute Gasteiger partial charge is 0.490 e. The van der Waals surface area contributed by atoms with Crippen molar-refractivity contribution < 1.29 is 32.2 Å². The molecule has 0 spiro atoms. The van der Waals surface area contributed by atoms with Crippen molar-refractivity contribution in [3.8, 4) is 11.5 Å². The maximum Gasteiger partial charge on any atom is 0.573 e. The highest BCUT2D eigenvalue weighted by Gasteiger charge is 2.31. The monoisotopic (exact) mass is 451 g/mol. The summed E-state index contributed by atoms with van der Waals surface area (Å²) in [6, 6.07) is 11.4. The summed E-state index contributed by atoms with van der Waals surface area (Å²) in [5, 5.41) is 8.03. The van der Waals surface area contributed by atoms with Gasteiger partial charge in [0.15, 0.2) is 0 Å². The molecule has 2 aromatic rings. The van der Waals surface area contributed by atoms with Gasteiger partial charge in [0.25, 0.3) is 5.91 Å². The number of hydrogen-bond donors (Lipinski definition) is 3. The molecule has 172 valence electrons. The van der Waals surface area contributed by atoms with Crippen molar-refractivity contribution in [2.45, 2.75) is 44.2 Å². The van der Waals surface area contributed by atoms with Crippen LogP contribution in [0, 0.1) is 0 Å². The first-order valence-corrected chi connectivity index (χ1v) is 10.1. The van der Waals surface area contributed by atoms with Crippen LogP contribution in [0.2, 0.25) is 0 Å². The Morgan fingerprint density at radius 1 is 0.906 bits per heavy atom. The van der Waals surface area contributed by atoms with Gasteiger partial charge in [-0.15, -0.1) is 13.2 Å². The van der Waals surface area contributed by atoms with E-state index in [9.17, 15) is 22.8 Å². The maximum atomic E-state index is 12.2. The maximum absolute atomic E-state index is 12.2. The van der Waals surface area contributed by atoms with Gasteiger partial charge in [0.05, 0.1) is 6.10 Å². The van der Waals surface area contributed by atoms with E-state index in [1.165, 1.54) is 12.1 Å². The average molecular weight is 451 g/mol. The molecule has 0 bridgehead atoms. The van der Waals surface area contributed by atoms with Crippen LogP contribution in [0.1, 0.15) is 36.0 Å². The largest absolute Gasteiger partial charge is 0.573 e. The lowest BCUT2D eigenvalue weighted by Crippen LogP contribution is -2.41. The molecule has 7 nitrogen and oxygen atoms in total. The number of amides is 3. The molecule has 1 saturated carbocycles. The number of rotatable bonds is 6. The average Bonchev–Trinajstić information content (AvgIpc) is 2.75. The minimum atomic E-state index is -4.76. The highest BCUT2D eigenvalue weighted by Crippen LogP contribution is 2.25. The molecular weight excluding hydrogens is 427 g/mol. The molecule has 0 radical (unpaired) electrons. The molecule has 3 rings (SSSR count). The van der Waals surface area contributed by atoms with Crippen LogP contribution in [0.5, 0.6) is 11.5 Å². The Bertz CT molecular complexity index is 910. The van der Waals surface area contributed by atoms with Gasteiger partial charge in [-0.1, -0.05) is 0 Å². The third-order valence-corrected chi connectivity index (χ3v) is 5.00. The topological polar surface area (TPSA) is 88.7 Å². The predicted molar refractivity (Wildman–Crippen MR) is 112 cm³/mol. The van der Waals surface area contributed by atoms with Gasteiger partial charge < -0.3 is 25.4 Å². The van der Waals surface area contributed by atoms with Gasteiger partial charge in [-0.2, -0.15) is 0 Å². The van der Waals surface area contributed by atoms with Crippen LogP contribution in [-0.2, 0) is 0 Å². The van der Waals surface area contributed by atoms with Crippen LogP contribution in [0.15, 0.2) is 48.5 Å². The first-order valence-electron chi connectivity index (χ1n) is 10.1. The normalized spacial score (nSPS) is 18.4. The molecule has 1 fully saturated rings. The van der Waals surface area contributed by atoms with Crippen LogP contribution >= 0.6 is 0 Å². The second-order valence-electron chi connectivity index (χ2n) is 7.37. The Kier molecular flexibility index (Phi) is 7.45. The van der Waals surface area contributed by atoms with Crippen molar-refractivity contribution in [1.29, 1.82) is 0 Å². The fourth-order valence-electron chi connectivity index (χ4n) is 3.44. The van der Waals surface area contributed by atoms with Gasteiger partial charge in [-0.25, -0.2) is 4.79 Å². The van der Waals surface area contributed by atoms with Gasteiger partial charge in [0.1, 0.15) is 11.5 Å². The Balaban J connectivity index is 1.40. The van der Waals surface area contributed by atoms with E-state index < -0.39 is 12.4 Å². The van der Waals surface area contributed by atoms with Gasteiger partial charge >= 0.3 is 12.4 Å². The number of carbonyl (C=O) groups excluding carboxylic acids is 2. The van der Waals surface area contributed by atoms with Gasteiger partial charge in [-0.3, -0.25) is 4.79 Å². The summed E-state index contributed by atoms with van der Waals surface area (Å²) in [6.07, 6.45) is -1.77. The predicted octanol–water partition coefficient (Wildman–Crippen LogP) is 4.46. The van der Waals surface area contributed by atoms with Crippen LogP contribution in [0.3, 0.4) is 0 Å². The molecule has 1 aliphatic rings. The molecule has 0 saturated heterocycles. The minimum Gasteiger partial charge on any atom is -0.490 e. The van der Waals surface area contributed by atoms with E-state index in [0.717, 1.165) is 37.8 Å². The highest BCUT2D eigenvalue weighted by molar-refractivity contribution is 5.94. The third kappa shape index (κ3) is 7.07. The molecule has 0 heterocycles. The Hall–Kier alpha value is -3.43. The number of hydrogen-bond acceptors (Lipinski definition) is 4. The summed E-state index contributed by atoms with van der Waals surface area (Å²) in [5.74, 6) is 0.168. The van der Waals surface area contributed by atoms with Crippen LogP contribution < -0.4 is 25.4 Å². The lowest BCUT2D eigenvalue weighted by atomic mass is 9.93. The lowest BCUT2D eigenvalue weighted by molar-refractivity contribution is -0.274. The van der Waals surface area contributed by atoms with E-state index in [1.807, 2.05) is 0 Å². The number of halogens is 3. The van der Waals surface area contributed by atoms with E-state index in [1.54, 1.807) is 31.3 Å². The number of urea groups is 1. The van der Waals surface area contributed by atoms with E-state index in [4.69, 9.17) is 4.74 Å². The first-order chi connectivity index (χ1) is 15.2. The van der Waals surface area contributed by atoms with Crippen molar-refractivity contribution in [3.05, 3.63) is 54.1 Å². The Morgan fingerprint density at radius 3 is 2.06 bits per heavy atom. The molecule has 32 heavy (non-hydrogen) atoms. The summed E-state index contributed by atoms with van der Waals surface area (Å²) in [4.78, 5) is 23.8. The molecule has 0 aliphatic heterocycles. The second kappa shape index (κ2) is 10.3. The standard InChI is InChI=1S/C22H24F3N3O4/c1-26-20(29)14-2-8-17(9-3-14)31-18-10-4-15(5-11-18)27-21(30)28-16-6-12-19(13-7-16)32-22(23,24)25/h2-3,6-9,12-13,15,18H,4-5,10-11H2,1H3,(H,26,29)(H2,27,28,30)/t15-,18-.